The predicted octanol–water partition coefficient (Wildman–Crippen LogP) is -0.377. The van der Waals surface area contributed by atoms with Crippen molar-refractivity contribution in [3.63, 3.8) is 0 Å². The summed E-state index contributed by atoms with van der Waals surface area (Å²) in [6, 6.07) is 0. The van der Waals surface area contributed by atoms with E-state index in [1.54, 1.807) is 0 Å². The van der Waals surface area contributed by atoms with E-state index in [2.05, 4.69) is 6.58 Å². The van der Waals surface area contributed by atoms with Crippen molar-refractivity contribution in [2.75, 3.05) is 13.2 Å². The number of fused-ring (bicyclic) bond motifs is 2. The van der Waals surface area contributed by atoms with Gasteiger partial charge in [0.05, 0.1) is 12.7 Å². The lowest BCUT2D eigenvalue weighted by Gasteiger charge is -2.30. The molecular weight excluding hydrogens is 296 g/mol. The van der Waals surface area contributed by atoms with Gasteiger partial charge in [-0.1, -0.05) is 12.7 Å². The van der Waals surface area contributed by atoms with Gasteiger partial charge in [0, 0.05) is 5.57 Å². The molecule has 120 valence electrons. The standard InChI is InChI=1S/C14H16O8/c1-7(2)12(18)22-14-4-3-8(21-14)9(11(16)17)10(14)13(19)20-6-5-15/h3-4,8-10,15H,1,5-6H2,2H3,(H,16,17)/t8-,9-,10+,14-/m0/s1. The van der Waals surface area contributed by atoms with Crippen molar-refractivity contribution in [3.8, 4) is 0 Å². The molecule has 8 nitrogen and oxygen atoms in total. The van der Waals surface area contributed by atoms with Crippen LogP contribution < -0.4 is 0 Å². The Hall–Kier alpha value is -2.19. The number of esters is 2. The Morgan fingerprint density at radius 1 is 1.41 bits per heavy atom. The zero-order valence-electron chi connectivity index (χ0n) is 11.9. The molecule has 0 unspecified atom stereocenters. The Bertz CT molecular complexity index is 551. The van der Waals surface area contributed by atoms with Crippen LogP contribution in [-0.4, -0.2) is 53.2 Å². The van der Waals surface area contributed by atoms with Gasteiger partial charge in [0.15, 0.2) is 0 Å². The summed E-state index contributed by atoms with van der Waals surface area (Å²) in [5.41, 5.74) is 0.0797. The number of aliphatic carboxylic acids is 1. The van der Waals surface area contributed by atoms with E-state index in [0.29, 0.717) is 0 Å². The van der Waals surface area contributed by atoms with Crippen molar-refractivity contribution < 1.29 is 38.8 Å². The molecule has 0 aliphatic carbocycles. The van der Waals surface area contributed by atoms with Crippen molar-refractivity contribution in [3.05, 3.63) is 24.3 Å². The van der Waals surface area contributed by atoms with Crippen LogP contribution in [0.15, 0.2) is 24.3 Å². The first-order valence-corrected chi connectivity index (χ1v) is 6.58. The number of hydrogen-bond donors (Lipinski definition) is 2. The van der Waals surface area contributed by atoms with Crippen LogP contribution in [0.4, 0.5) is 0 Å². The average Bonchev–Trinajstić information content (AvgIpc) is 2.99. The lowest BCUT2D eigenvalue weighted by Crippen LogP contribution is -2.47. The minimum Gasteiger partial charge on any atom is -0.481 e. The fourth-order valence-corrected chi connectivity index (χ4v) is 2.51. The van der Waals surface area contributed by atoms with Gasteiger partial charge in [-0.25, -0.2) is 4.79 Å². The van der Waals surface area contributed by atoms with Crippen molar-refractivity contribution in [1.82, 2.24) is 0 Å². The zero-order chi connectivity index (χ0) is 16.5. The molecule has 0 aromatic heterocycles. The summed E-state index contributed by atoms with van der Waals surface area (Å²) in [4.78, 5) is 35.3. The summed E-state index contributed by atoms with van der Waals surface area (Å²) in [5.74, 6) is -7.41. The number of aliphatic hydroxyl groups is 1. The van der Waals surface area contributed by atoms with Gasteiger partial charge in [-0.3, -0.25) is 9.59 Å². The molecule has 2 aliphatic rings. The number of carbonyl (C=O) groups is 3. The summed E-state index contributed by atoms with van der Waals surface area (Å²) in [6.45, 7) is 4.15. The van der Waals surface area contributed by atoms with Gasteiger partial charge >= 0.3 is 17.9 Å². The van der Waals surface area contributed by atoms with Crippen LogP contribution in [-0.2, 0) is 28.6 Å². The van der Waals surface area contributed by atoms with Crippen molar-refractivity contribution >= 4 is 17.9 Å². The summed E-state index contributed by atoms with van der Waals surface area (Å²) >= 11 is 0. The van der Waals surface area contributed by atoms with E-state index in [0.717, 1.165) is 0 Å². The van der Waals surface area contributed by atoms with Gasteiger partial charge in [0.25, 0.3) is 0 Å². The fraction of sp³-hybridized carbons (Fsp3) is 0.500. The van der Waals surface area contributed by atoms with Crippen LogP contribution >= 0.6 is 0 Å². The lowest BCUT2D eigenvalue weighted by molar-refractivity contribution is -0.207. The van der Waals surface area contributed by atoms with Crippen molar-refractivity contribution in [2.45, 2.75) is 18.8 Å². The Balaban J connectivity index is 2.32. The van der Waals surface area contributed by atoms with E-state index in [9.17, 15) is 19.5 Å². The van der Waals surface area contributed by atoms with E-state index < -0.39 is 48.2 Å². The minimum atomic E-state index is -1.82. The zero-order valence-corrected chi connectivity index (χ0v) is 11.9. The molecule has 2 N–H and O–H groups in total. The quantitative estimate of drug-likeness (QED) is 0.387. The molecule has 0 aromatic carbocycles. The van der Waals surface area contributed by atoms with Gasteiger partial charge < -0.3 is 24.4 Å². The maximum absolute atomic E-state index is 12.1. The van der Waals surface area contributed by atoms with Gasteiger partial charge in [-0.05, 0) is 13.0 Å². The maximum atomic E-state index is 12.1. The first-order valence-electron chi connectivity index (χ1n) is 6.58. The van der Waals surface area contributed by atoms with Crippen LogP contribution in [0.2, 0.25) is 0 Å². The van der Waals surface area contributed by atoms with Crippen LogP contribution in [0.25, 0.3) is 0 Å². The van der Waals surface area contributed by atoms with E-state index in [4.69, 9.17) is 19.3 Å². The van der Waals surface area contributed by atoms with E-state index >= 15 is 0 Å². The molecular formula is C14H16O8. The molecule has 22 heavy (non-hydrogen) atoms. The second-order valence-corrected chi connectivity index (χ2v) is 5.07. The van der Waals surface area contributed by atoms with Crippen LogP contribution in [0.5, 0.6) is 0 Å². The highest BCUT2D eigenvalue weighted by Crippen LogP contribution is 2.48. The van der Waals surface area contributed by atoms with Crippen LogP contribution in [0.1, 0.15) is 6.92 Å². The first-order chi connectivity index (χ1) is 10.3. The molecule has 0 amide bonds. The predicted molar refractivity (Wildman–Crippen MR) is 70.3 cm³/mol. The smallest absolute Gasteiger partial charge is 0.335 e. The molecule has 1 saturated heterocycles. The molecule has 2 heterocycles. The van der Waals surface area contributed by atoms with Crippen LogP contribution in [0, 0.1) is 11.8 Å². The molecule has 8 heteroatoms. The van der Waals surface area contributed by atoms with E-state index in [-0.39, 0.29) is 12.2 Å². The van der Waals surface area contributed by atoms with Gasteiger partial charge in [0.2, 0.25) is 5.79 Å². The number of hydrogen-bond acceptors (Lipinski definition) is 7. The van der Waals surface area contributed by atoms with Crippen LogP contribution in [0.3, 0.4) is 0 Å². The molecule has 0 spiro atoms. The number of aliphatic hydroxyl groups excluding tert-OH is 1. The summed E-state index contributed by atoms with van der Waals surface area (Å²) in [5, 5.41) is 18.0. The van der Waals surface area contributed by atoms with Gasteiger partial charge in [-0.15, -0.1) is 0 Å². The number of carbonyl (C=O) groups excluding carboxylic acids is 2. The highest BCUT2D eigenvalue weighted by atomic mass is 16.7. The molecule has 0 saturated carbocycles. The highest BCUT2D eigenvalue weighted by molar-refractivity contribution is 5.89. The van der Waals surface area contributed by atoms with Crippen molar-refractivity contribution in [1.29, 1.82) is 0 Å². The third-order valence-corrected chi connectivity index (χ3v) is 3.46. The second-order valence-electron chi connectivity index (χ2n) is 5.07. The lowest BCUT2D eigenvalue weighted by atomic mass is 9.81. The molecule has 4 atom stereocenters. The Morgan fingerprint density at radius 3 is 2.64 bits per heavy atom. The normalized spacial score (nSPS) is 31.8. The highest BCUT2D eigenvalue weighted by Gasteiger charge is 2.65. The largest absolute Gasteiger partial charge is 0.481 e. The number of rotatable bonds is 6. The molecule has 2 bridgehead atoms. The first kappa shape index (κ1) is 16.2. The third kappa shape index (κ3) is 2.62. The Morgan fingerprint density at radius 2 is 2.09 bits per heavy atom. The SMILES string of the molecule is C=C(C)C(=O)O[C@]12C=C[C@H](O1)[C@H](C(=O)O)[C@@H]2C(=O)OCCO. The molecule has 1 fully saturated rings. The molecule has 0 radical (unpaired) electrons. The van der Waals surface area contributed by atoms with Gasteiger partial charge in [-0.2, -0.15) is 0 Å². The Labute approximate surface area is 126 Å². The molecule has 2 aliphatic heterocycles. The summed E-state index contributed by atoms with van der Waals surface area (Å²) in [7, 11) is 0. The Kier molecular flexibility index (Phi) is 4.34. The van der Waals surface area contributed by atoms with Gasteiger partial charge in [0.1, 0.15) is 18.4 Å². The average molecular weight is 312 g/mol. The number of carboxylic acid groups (broad SMARTS) is 1. The van der Waals surface area contributed by atoms with Crippen molar-refractivity contribution in [2.24, 2.45) is 11.8 Å². The second kappa shape index (κ2) is 5.90. The number of carboxylic acids is 1. The summed E-state index contributed by atoms with van der Waals surface area (Å²) in [6.07, 6.45) is 1.87. The summed E-state index contributed by atoms with van der Waals surface area (Å²) < 4.78 is 15.4. The molecule has 0 aromatic rings. The topological polar surface area (TPSA) is 119 Å². The monoisotopic (exact) mass is 312 g/mol. The number of ether oxygens (including phenoxy) is 3. The van der Waals surface area contributed by atoms with E-state index in [1.165, 1.54) is 19.1 Å². The van der Waals surface area contributed by atoms with E-state index in [1.807, 2.05) is 0 Å². The maximum Gasteiger partial charge on any atom is 0.335 e. The third-order valence-electron chi connectivity index (χ3n) is 3.46. The molecule has 2 rings (SSSR count). The minimum absolute atomic E-state index is 0.0797. The fourth-order valence-electron chi connectivity index (χ4n) is 2.51.